The summed E-state index contributed by atoms with van der Waals surface area (Å²) in [6.45, 7) is 7.71. The summed E-state index contributed by atoms with van der Waals surface area (Å²) in [4.78, 5) is 45.3. The van der Waals surface area contributed by atoms with Crippen LogP contribution in [0.5, 0.6) is 0 Å². The van der Waals surface area contributed by atoms with Gasteiger partial charge in [0.15, 0.2) is 0 Å². The third-order valence-corrected chi connectivity index (χ3v) is 6.49. The zero-order valence-electron chi connectivity index (χ0n) is 21.7. The number of aromatic nitrogens is 2. The van der Waals surface area contributed by atoms with Gasteiger partial charge in [0.1, 0.15) is 11.5 Å². The lowest BCUT2D eigenvalue weighted by Gasteiger charge is -2.17. The quantitative estimate of drug-likeness (QED) is 0.210. The van der Waals surface area contributed by atoms with E-state index in [1.807, 2.05) is 6.92 Å². The highest BCUT2D eigenvalue weighted by Gasteiger charge is 2.40. The maximum atomic E-state index is 13.3. The Kier molecular flexibility index (Phi) is 9.85. The predicted octanol–water partition coefficient (Wildman–Crippen LogP) is 5.57. The molecule has 36 heavy (non-hydrogen) atoms. The molecule has 3 amide bonds. The number of imide groups is 1. The molecule has 0 unspecified atom stereocenters. The molecule has 0 saturated carbocycles. The van der Waals surface area contributed by atoms with E-state index in [9.17, 15) is 19.5 Å². The zero-order chi connectivity index (χ0) is 26.1. The van der Waals surface area contributed by atoms with Crippen LogP contribution in [0.15, 0.2) is 36.2 Å². The van der Waals surface area contributed by atoms with Crippen LogP contribution < -0.4 is 0 Å². The number of hydrogen-bond donors (Lipinski definition) is 1. The lowest BCUT2D eigenvalue weighted by atomic mass is 10.1. The van der Waals surface area contributed by atoms with Crippen molar-refractivity contribution in [2.24, 2.45) is 0 Å². The van der Waals surface area contributed by atoms with E-state index in [4.69, 9.17) is 0 Å². The average molecular weight is 495 g/mol. The fourth-order valence-electron chi connectivity index (χ4n) is 4.31. The summed E-state index contributed by atoms with van der Waals surface area (Å²) in [6, 6.07) is 6.56. The summed E-state index contributed by atoms with van der Waals surface area (Å²) >= 11 is 0. The Morgan fingerprint density at radius 3 is 2.22 bits per heavy atom. The van der Waals surface area contributed by atoms with Gasteiger partial charge in [-0.25, -0.2) is 14.6 Å². The van der Waals surface area contributed by atoms with Crippen LogP contribution in [0.2, 0.25) is 0 Å². The van der Waals surface area contributed by atoms with Crippen molar-refractivity contribution in [3.05, 3.63) is 58.8 Å². The molecule has 8 nitrogen and oxygen atoms in total. The van der Waals surface area contributed by atoms with E-state index in [0.717, 1.165) is 68.4 Å². The number of amides is 3. The van der Waals surface area contributed by atoms with Crippen molar-refractivity contribution in [2.75, 3.05) is 13.1 Å². The number of carbonyl (C=O) groups is 3. The van der Waals surface area contributed by atoms with Gasteiger partial charge in [-0.1, -0.05) is 58.6 Å². The summed E-state index contributed by atoms with van der Waals surface area (Å²) in [5.74, 6) is -0.305. The number of imidazole rings is 1. The van der Waals surface area contributed by atoms with E-state index in [1.54, 1.807) is 41.4 Å². The molecule has 1 N–H and O–H groups in total. The van der Waals surface area contributed by atoms with Gasteiger partial charge >= 0.3 is 12.0 Å². The van der Waals surface area contributed by atoms with Crippen molar-refractivity contribution in [1.29, 1.82) is 0 Å². The Labute approximate surface area is 213 Å². The Morgan fingerprint density at radius 2 is 1.58 bits per heavy atom. The lowest BCUT2D eigenvalue weighted by molar-refractivity contribution is -0.123. The number of aryl methyl sites for hydroxylation is 1. The Bertz CT molecular complexity index is 1090. The molecule has 1 saturated heterocycles. The van der Waals surface area contributed by atoms with Crippen molar-refractivity contribution < 1.29 is 19.5 Å². The predicted molar refractivity (Wildman–Crippen MR) is 140 cm³/mol. The number of carboxylic acid groups (broad SMARTS) is 1. The maximum Gasteiger partial charge on any atom is 0.335 e. The monoisotopic (exact) mass is 494 g/mol. The molecule has 1 aromatic carbocycles. The number of aromatic carboxylic acids is 1. The fraction of sp³-hybridized carbons (Fsp3) is 0.500. The number of unbranched alkanes of at least 4 members (excludes halogenated alkanes) is 4. The van der Waals surface area contributed by atoms with Gasteiger partial charge in [0, 0.05) is 26.1 Å². The Hall–Kier alpha value is -3.42. The van der Waals surface area contributed by atoms with E-state index in [2.05, 4.69) is 23.4 Å². The third kappa shape index (κ3) is 6.42. The maximum absolute atomic E-state index is 13.3. The standard InChI is InChI=1S/C28H38N4O4/c1-4-7-10-17-30-24(26(33)31(28(30)36)16-9-6-3)18-23-19-29-25(11-8-5-2)32(23)20-21-12-14-22(15-13-21)27(34)35/h12-15,18-19H,4-11,16-17,20H2,1-3H3,(H,34,35)/b24-18+. The highest BCUT2D eigenvalue weighted by Crippen LogP contribution is 2.26. The minimum atomic E-state index is -0.960. The lowest BCUT2D eigenvalue weighted by Crippen LogP contribution is -2.34. The van der Waals surface area contributed by atoms with Crippen molar-refractivity contribution in [3.8, 4) is 0 Å². The highest BCUT2D eigenvalue weighted by molar-refractivity contribution is 6.13. The fourth-order valence-corrected chi connectivity index (χ4v) is 4.31. The topological polar surface area (TPSA) is 95.7 Å². The van der Waals surface area contributed by atoms with Gasteiger partial charge in [-0.2, -0.15) is 0 Å². The first-order valence-corrected chi connectivity index (χ1v) is 13.1. The first kappa shape index (κ1) is 27.2. The van der Waals surface area contributed by atoms with Crippen LogP contribution in [0.25, 0.3) is 6.08 Å². The molecular weight excluding hydrogens is 456 g/mol. The smallest absolute Gasteiger partial charge is 0.335 e. The molecule has 3 rings (SSSR count). The molecule has 2 heterocycles. The number of rotatable bonds is 14. The Balaban J connectivity index is 1.98. The van der Waals surface area contributed by atoms with Gasteiger partial charge < -0.3 is 9.67 Å². The highest BCUT2D eigenvalue weighted by atomic mass is 16.4. The largest absolute Gasteiger partial charge is 0.478 e. The van der Waals surface area contributed by atoms with Crippen LogP contribution in [0.1, 0.15) is 93.2 Å². The van der Waals surface area contributed by atoms with Crippen LogP contribution in [0, 0.1) is 0 Å². The minimum Gasteiger partial charge on any atom is -0.478 e. The molecule has 0 aliphatic carbocycles. The molecular formula is C28H38N4O4. The van der Waals surface area contributed by atoms with Gasteiger partial charge in [-0.05, 0) is 43.0 Å². The van der Waals surface area contributed by atoms with Gasteiger partial charge in [0.2, 0.25) is 0 Å². The second kappa shape index (κ2) is 13.0. The molecule has 0 radical (unpaired) electrons. The molecule has 1 aliphatic heterocycles. The first-order chi connectivity index (χ1) is 17.4. The summed E-state index contributed by atoms with van der Waals surface area (Å²) < 4.78 is 2.06. The van der Waals surface area contributed by atoms with Crippen molar-refractivity contribution in [3.63, 3.8) is 0 Å². The van der Waals surface area contributed by atoms with Crippen LogP contribution in [0.3, 0.4) is 0 Å². The SMILES string of the molecule is CCCCCN1C(=O)N(CCCC)C(=O)/C1=C\c1cnc(CCCC)n1Cc1ccc(C(=O)O)cc1. The number of urea groups is 1. The van der Waals surface area contributed by atoms with Crippen LogP contribution in [-0.4, -0.2) is 55.5 Å². The van der Waals surface area contributed by atoms with Gasteiger partial charge in [-0.15, -0.1) is 0 Å². The molecule has 2 aromatic rings. The molecule has 1 fully saturated rings. The minimum absolute atomic E-state index is 0.239. The van der Waals surface area contributed by atoms with E-state index in [1.165, 1.54) is 4.90 Å². The molecule has 0 atom stereocenters. The van der Waals surface area contributed by atoms with Gasteiger partial charge in [0.25, 0.3) is 5.91 Å². The molecule has 0 bridgehead atoms. The van der Waals surface area contributed by atoms with Crippen LogP contribution in [-0.2, 0) is 17.8 Å². The number of hydrogen-bond acceptors (Lipinski definition) is 4. The van der Waals surface area contributed by atoms with Gasteiger partial charge in [-0.3, -0.25) is 14.6 Å². The van der Waals surface area contributed by atoms with E-state index in [0.29, 0.717) is 25.3 Å². The molecule has 1 aliphatic rings. The van der Waals surface area contributed by atoms with E-state index < -0.39 is 5.97 Å². The van der Waals surface area contributed by atoms with Crippen molar-refractivity contribution >= 4 is 24.0 Å². The number of carbonyl (C=O) groups excluding carboxylic acids is 2. The second-order valence-electron chi connectivity index (χ2n) is 9.27. The summed E-state index contributed by atoms with van der Waals surface area (Å²) in [7, 11) is 0. The summed E-state index contributed by atoms with van der Waals surface area (Å²) in [6.07, 6.45) is 10.9. The Morgan fingerprint density at radius 1 is 0.917 bits per heavy atom. The van der Waals surface area contributed by atoms with E-state index in [-0.39, 0.29) is 17.5 Å². The molecule has 194 valence electrons. The first-order valence-electron chi connectivity index (χ1n) is 13.1. The summed E-state index contributed by atoms with van der Waals surface area (Å²) in [5, 5.41) is 9.21. The molecule has 0 spiro atoms. The normalized spacial score (nSPS) is 14.9. The van der Waals surface area contributed by atoms with Gasteiger partial charge in [0.05, 0.1) is 17.5 Å². The number of benzene rings is 1. The van der Waals surface area contributed by atoms with E-state index >= 15 is 0 Å². The van der Waals surface area contributed by atoms with Crippen molar-refractivity contribution in [1.82, 2.24) is 19.4 Å². The van der Waals surface area contributed by atoms with Crippen LogP contribution in [0.4, 0.5) is 4.79 Å². The zero-order valence-corrected chi connectivity index (χ0v) is 21.7. The van der Waals surface area contributed by atoms with Crippen molar-refractivity contribution in [2.45, 2.75) is 78.7 Å². The third-order valence-electron chi connectivity index (χ3n) is 6.49. The second-order valence-corrected chi connectivity index (χ2v) is 9.27. The summed E-state index contributed by atoms with van der Waals surface area (Å²) in [5.41, 5.74) is 2.34. The molecule has 8 heteroatoms. The molecule has 1 aromatic heterocycles. The number of carboxylic acids is 1. The van der Waals surface area contributed by atoms with Crippen LogP contribution >= 0.6 is 0 Å². The average Bonchev–Trinajstić information content (AvgIpc) is 3.34. The number of nitrogens with zero attached hydrogens (tertiary/aromatic N) is 4.